The van der Waals surface area contributed by atoms with Gasteiger partial charge in [0.1, 0.15) is 0 Å². The molecule has 2 aromatic rings. The molecule has 5 nitrogen and oxygen atoms in total. The first kappa shape index (κ1) is 11.7. The van der Waals surface area contributed by atoms with E-state index in [-0.39, 0.29) is 5.69 Å². The zero-order chi connectivity index (χ0) is 12.3. The Morgan fingerprint density at radius 1 is 1.18 bits per heavy atom. The number of rotatable bonds is 5. The number of anilines is 1. The van der Waals surface area contributed by atoms with Crippen LogP contribution in [0.15, 0.2) is 23.0 Å². The van der Waals surface area contributed by atoms with E-state index in [1.54, 1.807) is 0 Å². The Labute approximate surface area is 99.6 Å². The number of fused-ring (bicyclic) bond motifs is 1. The molecule has 1 aromatic heterocycles. The summed E-state index contributed by atoms with van der Waals surface area (Å²) in [6.45, 7) is 6.02. The third kappa shape index (κ3) is 3.10. The van der Waals surface area contributed by atoms with Crippen molar-refractivity contribution in [2.75, 3.05) is 18.4 Å². The third-order valence-corrected chi connectivity index (χ3v) is 2.52. The number of benzene rings is 1. The fourth-order valence-electron chi connectivity index (χ4n) is 1.71. The molecule has 0 amide bonds. The van der Waals surface area contributed by atoms with Gasteiger partial charge in [-0.15, -0.1) is 0 Å². The summed E-state index contributed by atoms with van der Waals surface area (Å²) in [5, 5.41) is 6.63. The van der Waals surface area contributed by atoms with E-state index in [1.807, 2.05) is 18.2 Å². The number of hydrogen-bond acceptors (Lipinski definition) is 3. The minimum atomic E-state index is -0.168. The van der Waals surface area contributed by atoms with Crippen molar-refractivity contribution >= 4 is 16.7 Å². The van der Waals surface area contributed by atoms with E-state index in [4.69, 9.17) is 0 Å². The van der Waals surface area contributed by atoms with E-state index in [0.717, 1.165) is 29.8 Å². The lowest BCUT2D eigenvalue weighted by molar-refractivity contribution is 0.602. The molecule has 0 fully saturated rings. The number of hydrogen-bond donors (Lipinski definition) is 4. The van der Waals surface area contributed by atoms with Crippen LogP contribution in [-0.4, -0.2) is 29.1 Å². The molecule has 0 saturated carbocycles. The van der Waals surface area contributed by atoms with Crippen molar-refractivity contribution in [1.29, 1.82) is 0 Å². The Morgan fingerprint density at radius 2 is 1.94 bits per heavy atom. The first-order valence-corrected chi connectivity index (χ1v) is 5.84. The summed E-state index contributed by atoms with van der Waals surface area (Å²) in [4.78, 5) is 16.6. The average molecular weight is 234 g/mol. The summed E-state index contributed by atoms with van der Waals surface area (Å²) in [7, 11) is 0. The summed E-state index contributed by atoms with van der Waals surface area (Å²) >= 11 is 0. The Morgan fingerprint density at radius 3 is 2.71 bits per heavy atom. The normalized spacial score (nSPS) is 11.2. The fraction of sp³-hybridized carbons (Fsp3) is 0.417. The van der Waals surface area contributed by atoms with E-state index in [2.05, 4.69) is 34.4 Å². The van der Waals surface area contributed by atoms with Crippen LogP contribution in [0.4, 0.5) is 5.69 Å². The predicted molar refractivity (Wildman–Crippen MR) is 70.5 cm³/mol. The molecule has 2 rings (SSSR count). The highest BCUT2D eigenvalue weighted by Gasteiger charge is 1.99. The molecule has 0 aliphatic heterocycles. The molecule has 0 aliphatic carbocycles. The van der Waals surface area contributed by atoms with E-state index in [1.165, 1.54) is 0 Å². The molecule has 0 unspecified atom stereocenters. The van der Waals surface area contributed by atoms with Crippen LogP contribution >= 0.6 is 0 Å². The molecule has 17 heavy (non-hydrogen) atoms. The number of H-pyrrole nitrogens is 2. The summed E-state index contributed by atoms with van der Waals surface area (Å²) in [5.74, 6) is 0. The molecule has 0 radical (unpaired) electrons. The maximum absolute atomic E-state index is 11.1. The Kier molecular flexibility index (Phi) is 3.49. The van der Waals surface area contributed by atoms with Gasteiger partial charge in [0.15, 0.2) is 0 Å². The van der Waals surface area contributed by atoms with Crippen LogP contribution in [0.5, 0.6) is 0 Å². The largest absolute Gasteiger partial charge is 0.384 e. The van der Waals surface area contributed by atoms with E-state index in [9.17, 15) is 4.79 Å². The minimum Gasteiger partial charge on any atom is -0.384 e. The topological polar surface area (TPSA) is 72.7 Å². The first-order chi connectivity index (χ1) is 8.15. The van der Waals surface area contributed by atoms with Gasteiger partial charge in [0.05, 0.1) is 11.0 Å². The maximum Gasteiger partial charge on any atom is 0.323 e. The van der Waals surface area contributed by atoms with Gasteiger partial charge in [-0.05, 0) is 18.2 Å². The van der Waals surface area contributed by atoms with Gasteiger partial charge in [-0.3, -0.25) is 0 Å². The zero-order valence-corrected chi connectivity index (χ0v) is 10.1. The number of aromatic amines is 2. The van der Waals surface area contributed by atoms with Gasteiger partial charge in [-0.1, -0.05) is 13.8 Å². The van der Waals surface area contributed by atoms with Gasteiger partial charge in [0, 0.05) is 24.8 Å². The smallest absolute Gasteiger partial charge is 0.323 e. The molecule has 0 saturated heterocycles. The monoisotopic (exact) mass is 234 g/mol. The lowest BCUT2D eigenvalue weighted by Gasteiger charge is -2.09. The van der Waals surface area contributed by atoms with Crippen LogP contribution in [0, 0.1) is 0 Å². The molecule has 1 aromatic carbocycles. The molecular formula is C12H18N4O. The van der Waals surface area contributed by atoms with Crippen LogP contribution in [0.3, 0.4) is 0 Å². The van der Waals surface area contributed by atoms with E-state index >= 15 is 0 Å². The summed E-state index contributed by atoms with van der Waals surface area (Å²) in [6, 6.07) is 6.29. The summed E-state index contributed by atoms with van der Waals surface area (Å²) < 4.78 is 0. The van der Waals surface area contributed by atoms with Gasteiger partial charge >= 0.3 is 5.69 Å². The lowest BCUT2D eigenvalue weighted by Crippen LogP contribution is -2.28. The molecule has 4 N–H and O–H groups in total. The number of aromatic nitrogens is 2. The zero-order valence-electron chi connectivity index (χ0n) is 10.1. The fourth-order valence-corrected chi connectivity index (χ4v) is 1.71. The van der Waals surface area contributed by atoms with Gasteiger partial charge in [-0.2, -0.15) is 0 Å². The first-order valence-electron chi connectivity index (χ1n) is 5.84. The second-order valence-corrected chi connectivity index (χ2v) is 4.38. The van der Waals surface area contributed by atoms with Crippen molar-refractivity contribution in [2.45, 2.75) is 19.9 Å². The van der Waals surface area contributed by atoms with Crippen molar-refractivity contribution in [3.63, 3.8) is 0 Å². The predicted octanol–water partition coefficient (Wildman–Crippen LogP) is 1.27. The molecule has 92 valence electrons. The highest BCUT2D eigenvalue weighted by Crippen LogP contribution is 2.13. The van der Waals surface area contributed by atoms with Crippen LogP contribution in [0.2, 0.25) is 0 Å². The average Bonchev–Trinajstić information content (AvgIpc) is 2.63. The Hall–Kier alpha value is -1.75. The summed E-state index contributed by atoms with van der Waals surface area (Å²) in [5.41, 5.74) is 2.51. The minimum absolute atomic E-state index is 0.168. The SMILES string of the molecule is CC(C)NCCNc1ccc2[nH]c(=O)[nH]c2c1. The van der Waals surface area contributed by atoms with Crippen molar-refractivity contribution in [2.24, 2.45) is 0 Å². The van der Waals surface area contributed by atoms with Gasteiger partial charge in [0.25, 0.3) is 0 Å². The van der Waals surface area contributed by atoms with E-state index in [0.29, 0.717) is 6.04 Å². The summed E-state index contributed by atoms with van der Waals surface area (Å²) in [6.07, 6.45) is 0. The third-order valence-electron chi connectivity index (χ3n) is 2.52. The second-order valence-electron chi connectivity index (χ2n) is 4.38. The number of imidazole rings is 1. The lowest BCUT2D eigenvalue weighted by atomic mass is 10.3. The molecular weight excluding hydrogens is 216 g/mol. The number of nitrogens with one attached hydrogen (secondary N) is 4. The van der Waals surface area contributed by atoms with Crippen molar-refractivity contribution < 1.29 is 0 Å². The van der Waals surface area contributed by atoms with E-state index < -0.39 is 0 Å². The maximum atomic E-state index is 11.1. The molecule has 0 spiro atoms. The van der Waals surface area contributed by atoms with Crippen molar-refractivity contribution in [1.82, 2.24) is 15.3 Å². The van der Waals surface area contributed by atoms with Crippen molar-refractivity contribution in [3.05, 3.63) is 28.7 Å². The highest BCUT2D eigenvalue weighted by molar-refractivity contribution is 5.78. The molecule has 5 heteroatoms. The van der Waals surface area contributed by atoms with Crippen LogP contribution in [0.25, 0.3) is 11.0 Å². The second kappa shape index (κ2) is 5.05. The van der Waals surface area contributed by atoms with Crippen LogP contribution in [-0.2, 0) is 0 Å². The highest BCUT2D eigenvalue weighted by atomic mass is 16.1. The van der Waals surface area contributed by atoms with Gasteiger partial charge in [0.2, 0.25) is 0 Å². The van der Waals surface area contributed by atoms with Gasteiger partial charge < -0.3 is 20.6 Å². The quantitative estimate of drug-likeness (QED) is 0.589. The Bertz CT molecular complexity index is 541. The van der Waals surface area contributed by atoms with Crippen LogP contribution in [0.1, 0.15) is 13.8 Å². The van der Waals surface area contributed by atoms with Crippen LogP contribution < -0.4 is 16.3 Å². The molecule has 0 bridgehead atoms. The van der Waals surface area contributed by atoms with Crippen molar-refractivity contribution in [3.8, 4) is 0 Å². The molecule has 0 aliphatic rings. The van der Waals surface area contributed by atoms with Gasteiger partial charge in [-0.25, -0.2) is 4.79 Å². The molecule has 0 atom stereocenters. The standard InChI is InChI=1S/C12H18N4O/c1-8(2)13-5-6-14-9-3-4-10-11(7-9)16-12(17)15-10/h3-4,7-8,13-14H,5-6H2,1-2H3,(H2,15,16,17). The molecule has 1 heterocycles. The Balaban J connectivity index is 1.97.